The van der Waals surface area contributed by atoms with Crippen LogP contribution in [-0.4, -0.2) is 42.1 Å². The molecule has 0 bridgehead atoms. The summed E-state index contributed by atoms with van der Waals surface area (Å²) in [5.41, 5.74) is 13.2. The Morgan fingerprint density at radius 3 is 2.77 bits per heavy atom. The minimum atomic E-state index is -0.170. The van der Waals surface area contributed by atoms with Crippen molar-refractivity contribution < 1.29 is 13.9 Å². The number of nitriles is 1. The Morgan fingerprint density at radius 2 is 2.12 bits per heavy atom. The van der Waals surface area contributed by atoms with Crippen LogP contribution in [0.1, 0.15) is 15.2 Å². The maximum Gasteiger partial charge on any atom is 0.266 e. The largest absolute Gasteiger partial charge is 0.464 e. The zero-order valence-electron chi connectivity index (χ0n) is 13.7. The van der Waals surface area contributed by atoms with Crippen LogP contribution >= 0.6 is 11.3 Å². The van der Waals surface area contributed by atoms with Gasteiger partial charge in [-0.15, -0.1) is 11.3 Å². The van der Waals surface area contributed by atoms with Gasteiger partial charge in [0.05, 0.1) is 30.7 Å². The molecule has 1 aliphatic rings. The molecule has 0 aliphatic carbocycles. The molecule has 0 atom stereocenters. The van der Waals surface area contributed by atoms with Crippen molar-refractivity contribution in [3.63, 3.8) is 0 Å². The monoisotopic (exact) mass is 369 g/mol. The lowest BCUT2D eigenvalue weighted by molar-refractivity contribution is 0.0307. The Balaban J connectivity index is 1.94. The second kappa shape index (κ2) is 6.33. The molecule has 1 amide bonds. The van der Waals surface area contributed by atoms with Gasteiger partial charge in [-0.1, -0.05) is 0 Å². The molecular weight excluding hydrogens is 354 g/mol. The fraction of sp³-hybridized carbons (Fsp3) is 0.235. The number of ether oxygens (including phenoxy) is 1. The maximum atomic E-state index is 12.9. The number of hydrogen-bond acceptors (Lipinski definition) is 8. The number of anilines is 2. The van der Waals surface area contributed by atoms with E-state index in [1.165, 1.54) is 17.6 Å². The van der Waals surface area contributed by atoms with E-state index in [-0.39, 0.29) is 23.0 Å². The average Bonchev–Trinajstić information content (AvgIpc) is 3.29. The summed E-state index contributed by atoms with van der Waals surface area (Å²) in [7, 11) is 0. The molecular formula is C17H15N5O3S. The van der Waals surface area contributed by atoms with Gasteiger partial charge in [0.2, 0.25) is 0 Å². The van der Waals surface area contributed by atoms with Gasteiger partial charge in [0.15, 0.2) is 0 Å². The van der Waals surface area contributed by atoms with Crippen LogP contribution in [0, 0.1) is 11.3 Å². The van der Waals surface area contributed by atoms with E-state index in [2.05, 4.69) is 11.1 Å². The van der Waals surface area contributed by atoms with Crippen LogP contribution < -0.4 is 11.5 Å². The highest BCUT2D eigenvalue weighted by Crippen LogP contribution is 2.43. The van der Waals surface area contributed by atoms with Gasteiger partial charge in [-0.3, -0.25) is 4.79 Å². The number of hydrogen-bond donors (Lipinski definition) is 2. The topological polar surface area (TPSA) is 131 Å². The van der Waals surface area contributed by atoms with Gasteiger partial charge in [-0.2, -0.15) is 5.26 Å². The Bertz CT molecular complexity index is 1030. The van der Waals surface area contributed by atoms with E-state index < -0.39 is 0 Å². The van der Waals surface area contributed by atoms with E-state index in [1.807, 2.05) is 0 Å². The number of pyridine rings is 1. The van der Waals surface area contributed by atoms with Gasteiger partial charge < -0.3 is 25.5 Å². The summed E-state index contributed by atoms with van der Waals surface area (Å²) < 4.78 is 10.8. The van der Waals surface area contributed by atoms with Gasteiger partial charge in [0, 0.05) is 18.5 Å². The van der Waals surface area contributed by atoms with Crippen molar-refractivity contribution in [1.82, 2.24) is 9.88 Å². The molecule has 132 valence electrons. The number of carbonyl (C=O) groups is 1. The fourth-order valence-electron chi connectivity index (χ4n) is 3.02. The molecule has 0 unspecified atom stereocenters. The predicted octanol–water partition coefficient (Wildman–Crippen LogP) is 2.06. The van der Waals surface area contributed by atoms with Crippen LogP contribution in [0.5, 0.6) is 0 Å². The molecule has 1 fully saturated rings. The van der Waals surface area contributed by atoms with Crippen LogP contribution in [0.2, 0.25) is 0 Å². The number of amides is 1. The Kier molecular flexibility index (Phi) is 3.99. The van der Waals surface area contributed by atoms with Gasteiger partial charge in [-0.05, 0) is 12.1 Å². The number of furan rings is 1. The van der Waals surface area contributed by atoms with Crippen molar-refractivity contribution in [3.8, 4) is 17.4 Å². The number of nitrogens with zero attached hydrogens (tertiary/aromatic N) is 3. The Hall–Kier alpha value is -3.09. The van der Waals surface area contributed by atoms with Crippen LogP contribution in [0.3, 0.4) is 0 Å². The van der Waals surface area contributed by atoms with Gasteiger partial charge in [0.25, 0.3) is 5.91 Å². The van der Waals surface area contributed by atoms with Crippen molar-refractivity contribution in [1.29, 1.82) is 5.26 Å². The summed E-state index contributed by atoms with van der Waals surface area (Å²) in [6.45, 7) is 2.02. The Labute approximate surface area is 152 Å². The standard InChI is InChI=1S/C17H15N5O3S/c18-8-9-11(10-2-1-5-25-10)12-13(19)14(26-16(12)21-15(9)20)17(23)22-3-6-24-7-4-22/h1-2,5H,3-4,6-7,19H2,(H2,20,21). The lowest BCUT2D eigenvalue weighted by Crippen LogP contribution is -2.40. The maximum absolute atomic E-state index is 12.9. The third kappa shape index (κ3) is 2.47. The van der Waals surface area contributed by atoms with Crippen LogP contribution in [0.4, 0.5) is 11.5 Å². The third-order valence-corrected chi connectivity index (χ3v) is 5.36. The molecule has 9 heteroatoms. The van der Waals surface area contributed by atoms with Crippen LogP contribution in [0.25, 0.3) is 21.5 Å². The fourth-order valence-corrected chi connectivity index (χ4v) is 4.10. The van der Waals surface area contributed by atoms with Crippen molar-refractivity contribution in [2.45, 2.75) is 0 Å². The number of thiophene rings is 1. The third-order valence-electron chi connectivity index (χ3n) is 4.28. The van der Waals surface area contributed by atoms with Gasteiger partial charge in [-0.25, -0.2) is 4.98 Å². The lowest BCUT2D eigenvalue weighted by atomic mass is 10.0. The van der Waals surface area contributed by atoms with Crippen molar-refractivity contribution in [2.75, 3.05) is 37.8 Å². The minimum Gasteiger partial charge on any atom is -0.464 e. The highest BCUT2D eigenvalue weighted by atomic mass is 32.1. The van der Waals surface area contributed by atoms with Crippen LogP contribution in [0.15, 0.2) is 22.8 Å². The summed E-state index contributed by atoms with van der Waals surface area (Å²) in [6, 6.07) is 5.49. The number of nitrogen functional groups attached to an aromatic ring is 2. The van der Waals surface area contributed by atoms with E-state index in [0.29, 0.717) is 52.7 Å². The van der Waals surface area contributed by atoms with E-state index >= 15 is 0 Å². The molecule has 3 aromatic rings. The lowest BCUT2D eigenvalue weighted by Gasteiger charge is -2.26. The second-order valence-electron chi connectivity index (χ2n) is 5.77. The highest BCUT2D eigenvalue weighted by molar-refractivity contribution is 7.21. The molecule has 1 aliphatic heterocycles. The zero-order chi connectivity index (χ0) is 18.3. The quantitative estimate of drug-likeness (QED) is 0.706. The number of fused-ring (bicyclic) bond motifs is 1. The average molecular weight is 369 g/mol. The first-order chi connectivity index (χ1) is 12.6. The molecule has 0 spiro atoms. The Morgan fingerprint density at radius 1 is 1.35 bits per heavy atom. The molecule has 8 nitrogen and oxygen atoms in total. The second-order valence-corrected chi connectivity index (χ2v) is 6.76. The van der Waals surface area contributed by atoms with Gasteiger partial charge in [0.1, 0.15) is 32.9 Å². The molecule has 4 heterocycles. The summed E-state index contributed by atoms with van der Waals surface area (Å²) in [6.07, 6.45) is 1.50. The van der Waals surface area contributed by atoms with E-state index in [1.54, 1.807) is 17.0 Å². The first-order valence-corrected chi connectivity index (χ1v) is 8.76. The predicted molar refractivity (Wildman–Crippen MR) is 97.6 cm³/mol. The van der Waals surface area contributed by atoms with Crippen molar-refractivity contribution >= 4 is 39.0 Å². The smallest absolute Gasteiger partial charge is 0.266 e. The minimum absolute atomic E-state index is 0.0815. The zero-order valence-corrected chi connectivity index (χ0v) is 14.5. The number of morpholine rings is 1. The number of carbonyl (C=O) groups excluding carboxylic acids is 1. The first-order valence-electron chi connectivity index (χ1n) is 7.94. The molecule has 0 saturated carbocycles. The molecule has 26 heavy (non-hydrogen) atoms. The normalized spacial score (nSPS) is 14.5. The summed E-state index contributed by atoms with van der Waals surface area (Å²) in [4.78, 5) is 19.8. The van der Waals surface area contributed by atoms with Crippen LogP contribution in [-0.2, 0) is 4.74 Å². The number of nitrogens with two attached hydrogens (primary N) is 2. The summed E-state index contributed by atoms with van der Waals surface area (Å²) in [5, 5.41) is 10.1. The molecule has 0 aromatic carbocycles. The molecule has 4 rings (SSSR count). The first kappa shape index (κ1) is 16.4. The van der Waals surface area contributed by atoms with Crippen molar-refractivity contribution in [2.24, 2.45) is 0 Å². The SMILES string of the molecule is N#Cc1c(N)nc2sc(C(=O)N3CCOCC3)c(N)c2c1-c1ccco1. The summed E-state index contributed by atoms with van der Waals surface area (Å²) in [5.74, 6) is 0.366. The highest BCUT2D eigenvalue weighted by Gasteiger charge is 2.28. The van der Waals surface area contributed by atoms with E-state index in [0.717, 1.165) is 0 Å². The van der Waals surface area contributed by atoms with E-state index in [4.69, 9.17) is 20.6 Å². The number of rotatable bonds is 2. The van der Waals surface area contributed by atoms with Crippen molar-refractivity contribution in [3.05, 3.63) is 28.8 Å². The van der Waals surface area contributed by atoms with Gasteiger partial charge >= 0.3 is 0 Å². The summed E-state index contributed by atoms with van der Waals surface area (Å²) >= 11 is 1.17. The van der Waals surface area contributed by atoms with E-state index in [9.17, 15) is 10.1 Å². The molecule has 1 saturated heterocycles. The number of aromatic nitrogens is 1. The molecule has 3 aromatic heterocycles. The molecule has 0 radical (unpaired) electrons. The molecule has 4 N–H and O–H groups in total.